The third-order valence-corrected chi connectivity index (χ3v) is 3.43. The van der Waals surface area contributed by atoms with Crippen LogP contribution in [0.15, 0.2) is 30.3 Å². The SMILES string of the molecule is CN(CC1CC(N)C1)C(=O)Cc1ccccc1. The largest absolute Gasteiger partial charge is 0.345 e. The van der Waals surface area contributed by atoms with Crippen LogP contribution in [0, 0.1) is 5.92 Å². The van der Waals surface area contributed by atoms with Gasteiger partial charge in [0.15, 0.2) is 0 Å². The van der Waals surface area contributed by atoms with Crippen LogP contribution in [0.1, 0.15) is 18.4 Å². The van der Waals surface area contributed by atoms with Gasteiger partial charge in [0, 0.05) is 19.6 Å². The van der Waals surface area contributed by atoms with Gasteiger partial charge in [-0.05, 0) is 24.3 Å². The highest BCUT2D eigenvalue weighted by molar-refractivity contribution is 5.78. The van der Waals surface area contributed by atoms with Crippen molar-refractivity contribution < 1.29 is 4.79 Å². The van der Waals surface area contributed by atoms with Crippen molar-refractivity contribution in [2.75, 3.05) is 13.6 Å². The predicted molar refractivity (Wildman–Crippen MR) is 68.5 cm³/mol. The van der Waals surface area contributed by atoms with Gasteiger partial charge >= 0.3 is 0 Å². The molecular formula is C14H20N2O. The second kappa shape index (κ2) is 5.32. The minimum absolute atomic E-state index is 0.191. The highest BCUT2D eigenvalue weighted by atomic mass is 16.2. The number of rotatable bonds is 4. The first kappa shape index (κ1) is 12.1. The number of nitrogens with two attached hydrogens (primary N) is 1. The molecule has 1 aromatic rings. The van der Waals surface area contributed by atoms with E-state index in [9.17, 15) is 4.79 Å². The van der Waals surface area contributed by atoms with Gasteiger partial charge in [0.25, 0.3) is 0 Å². The zero-order valence-electron chi connectivity index (χ0n) is 10.3. The molecule has 0 unspecified atom stereocenters. The van der Waals surface area contributed by atoms with E-state index < -0.39 is 0 Å². The fourth-order valence-electron chi connectivity index (χ4n) is 2.33. The second-order valence-corrected chi connectivity index (χ2v) is 5.03. The molecule has 3 nitrogen and oxygen atoms in total. The summed E-state index contributed by atoms with van der Waals surface area (Å²) < 4.78 is 0. The predicted octanol–water partition coefficient (Wildman–Crippen LogP) is 1.42. The van der Waals surface area contributed by atoms with Gasteiger partial charge in [-0.2, -0.15) is 0 Å². The summed E-state index contributed by atoms with van der Waals surface area (Å²) >= 11 is 0. The maximum Gasteiger partial charge on any atom is 0.226 e. The van der Waals surface area contributed by atoms with Crippen LogP contribution in [0.2, 0.25) is 0 Å². The standard InChI is InChI=1S/C14H20N2O/c1-16(10-12-7-13(15)8-12)14(17)9-11-5-3-2-4-6-11/h2-6,12-13H,7-10,15H2,1H3. The fraction of sp³-hybridized carbons (Fsp3) is 0.500. The quantitative estimate of drug-likeness (QED) is 0.853. The van der Waals surface area contributed by atoms with Gasteiger partial charge in [-0.15, -0.1) is 0 Å². The molecule has 0 atom stereocenters. The van der Waals surface area contributed by atoms with Crippen molar-refractivity contribution in [3.05, 3.63) is 35.9 Å². The Hall–Kier alpha value is -1.35. The lowest BCUT2D eigenvalue weighted by atomic mass is 9.80. The molecular weight excluding hydrogens is 212 g/mol. The van der Waals surface area contributed by atoms with Gasteiger partial charge in [0.2, 0.25) is 5.91 Å². The van der Waals surface area contributed by atoms with E-state index in [4.69, 9.17) is 5.73 Å². The Morgan fingerprint density at radius 1 is 1.35 bits per heavy atom. The normalized spacial score (nSPS) is 22.9. The molecule has 0 radical (unpaired) electrons. The molecule has 2 N–H and O–H groups in total. The van der Waals surface area contributed by atoms with Crippen LogP contribution in [-0.4, -0.2) is 30.4 Å². The first-order valence-corrected chi connectivity index (χ1v) is 6.18. The average Bonchev–Trinajstić information content (AvgIpc) is 2.28. The van der Waals surface area contributed by atoms with E-state index in [1.165, 1.54) is 0 Å². The Kier molecular flexibility index (Phi) is 3.79. The molecule has 0 saturated heterocycles. The number of amides is 1. The van der Waals surface area contributed by atoms with Crippen LogP contribution in [0.25, 0.3) is 0 Å². The number of carbonyl (C=O) groups excluding carboxylic acids is 1. The van der Waals surface area contributed by atoms with Crippen molar-refractivity contribution in [2.24, 2.45) is 11.7 Å². The van der Waals surface area contributed by atoms with Crippen molar-refractivity contribution in [1.82, 2.24) is 4.90 Å². The van der Waals surface area contributed by atoms with Gasteiger partial charge in [0.05, 0.1) is 6.42 Å². The van der Waals surface area contributed by atoms with Crippen LogP contribution in [-0.2, 0) is 11.2 Å². The van der Waals surface area contributed by atoms with Crippen LogP contribution < -0.4 is 5.73 Å². The van der Waals surface area contributed by atoms with Crippen LogP contribution in [0.5, 0.6) is 0 Å². The molecule has 0 aliphatic heterocycles. The van der Waals surface area contributed by atoms with Gasteiger partial charge in [-0.3, -0.25) is 4.79 Å². The molecule has 0 aromatic heterocycles. The average molecular weight is 232 g/mol. The maximum atomic E-state index is 12.0. The fourth-order valence-corrected chi connectivity index (χ4v) is 2.33. The Morgan fingerprint density at radius 3 is 2.59 bits per heavy atom. The smallest absolute Gasteiger partial charge is 0.226 e. The molecule has 1 aromatic carbocycles. The zero-order valence-corrected chi connectivity index (χ0v) is 10.3. The summed E-state index contributed by atoms with van der Waals surface area (Å²) in [6, 6.07) is 10.2. The Bertz CT molecular complexity index is 371. The van der Waals surface area contributed by atoms with Crippen molar-refractivity contribution in [3.8, 4) is 0 Å². The van der Waals surface area contributed by atoms with Crippen molar-refractivity contribution in [1.29, 1.82) is 0 Å². The molecule has 1 aliphatic carbocycles. The summed E-state index contributed by atoms with van der Waals surface area (Å²) in [6.45, 7) is 0.847. The first-order chi connectivity index (χ1) is 8.15. The van der Waals surface area contributed by atoms with E-state index in [2.05, 4.69) is 0 Å². The molecule has 1 amide bonds. The summed E-state index contributed by atoms with van der Waals surface area (Å²) in [5.74, 6) is 0.798. The van der Waals surface area contributed by atoms with Crippen molar-refractivity contribution in [3.63, 3.8) is 0 Å². The molecule has 92 valence electrons. The maximum absolute atomic E-state index is 12.0. The molecule has 1 aliphatic rings. The molecule has 0 heterocycles. The van der Waals surface area contributed by atoms with E-state index in [0.717, 1.165) is 24.9 Å². The Labute approximate surface area is 103 Å². The molecule has 0 spiro atoms. The minimum Gasteiger partial charge on any atom is -0.345 e. The second-order valence-electron chi connectivity index (χ2n) is 5.03. The first-order valence-electron chi connectivity index (χ1n) is 6.18. The lowest BCUT2D eigenvalue weighted by molar-refractivity contribution is -0.130. The van der Waals surface area contributed by atoms with E-state index in [1.54, 1.807) is 0 Å². The molecule has 1 saturated carbocycles. The van der Waals surface area contributed by atoms with Crippen LogP contribution in [0.3, 0.4) is 0 Å². The van der Waals surface area contributed by atoms with Crippen molar-refractivity contribution in [2.45, 2.75) is 25.3 Å². The lowest BCUT2D eigenvalue weighted by Gasteiger charge is -2.35. The van der Waals surface area contributed by atoms with Gasteiger partial charge in [0.1, 0.15) is 0 Å². The highest BCUT2D eigenvalue weighted by Gasteiger charge is 2.27. The number of likely N-dealkylation sites (N-methyl/N-ethyl adjacent to an activating group) is 1. The molecule has 3 heteroatoms. The number of hydrogen-bond donors (Lipinski definition) is 1. The summed E-state index contributed by atoms with van der Waals surface area (Å²) in [4.78, 5) is 13.8. The highest BCUT2D eigenvalue weighted by Crippen LogP contribution is 2.26. The van der Waals surface area contributed by atoms with E-state index in [-0.39, 0.29) is 5.91 Å². The number of hydrogen-bond acceptors (Lipinski definition) is 2. The van der Waals surface area contributed by atoms with E-state index in [1.807, 2.05) is 42.3 Å². The summed E-state index contributed by atoms with van der Waals surface area (Å²) in [6.07, 6.45) is 2.61. The molecule has 0 bridgehead atoms. The Morgan fingerprint density at radius 2 is 2.00 bits per heavy atom. The molecule has 2 rings (SSSR count). The number of benzene rings is 1. The Balaban J connectivity index is 1.79. The monoisotopic (exact) mass is 232 g/mol. The summed E-state index contributed by atoms with van der Waals surface area (Å²) in [7, 11) is 1.88. The van der Waals surface area contributed by atoms with E-state index >= 15 is 0 Å². The topological polar surface area (TPSA) is 46.3 Å². The molecule has 1 fully saturated rings. The van der Waals surface area contributed by atoms with E-state index in [0.29, 0.717) is 18.4 Å². The lowest BCUT2D eigenvalue weighted by Crippen LogP contribution is -2.43. The van der Waals surface area contributed by atoms with Gasteiger partial charge in [-0.25, -0.2) is 0 Å². The summed E-state index contributed by atoms with van der Waals surface area (Å²) in [5, 5.41) is 0. The summed E-state index contributed by atoms with van der Waals surface area (Å²) in [5.41, 5.74) is 6.82. The molecule has 17 heavy (non-hydrogen) atoms. The number of carbonyl (C=O) groups is 1. The van der Waals surface area contributed by atoms with Crippen LogP contribution >= 0.6 is 0 Å². The third-order valence-electron chi connectivity index (χ3n) is 3.43. The van der Waals surface area contributed by atoms with Crippen LogP contribution in [0.4, 0.5) is 0 Å². The van der Waals surface area contributed by atoms with Gasteiger partial charge < -0.3 is 10.6 Å². The zero-order chi connectivity index (χ0) is 12.3. The van der Waals surface area contributed by atoms with Crippen molar-refractivity contribution >= 4 is 5.91 Å². The number of nitrogens with zero attached hydrogens (tertiary/aromatic N) is 1. The third kappa shape index (κ3) is 3.30. The minimum atomic E-state index is 0.191. The van der Waals surface area contributed by atoms with Gasteiger partial charge in [-0.1, -0.05) is 30.3 Å².